The lowest BCUT2D eigenvalue weighted by Gasteiger charge is -2.30. The summed E-state index contributed by atoms with van der Waals surface area (Å²) in [7, 11) is 0. The van der Waals surface area contributed by atoms with Gasteiger partial charge >= 0.3 is 0 Å². The molecule has 0 aliphatic carbocycles. The lowest BCUT2D eigenvalue weighted by Crippen LogP contribution is -2.49. The second-order valence-corrected chi connectivity index (χ2v) is 7.53. The number of amides is 2. The molecule has 1 atom stereocenters. The van der Waals surface area contributed by atoms with Crippen molar-refractivity contribution in [3.8, 4) is 0 Å². The van der Waals surface area contributed by atoms with Crippen LogP contribution < -0.4 is 5.32 Å². The summed E-state index contributed by atoms with van der Waals surface area (Å²) >= 11 is 5.93. The number of carbonyl (C=O) groups is 2. The van der Waals surface area contributed by atoms with Crippen LogP contribution >= 0.6 is 11.6 Å². The first kappa shape index (κ1) is 21.0. The number of halogens is 1. The topological polar surface area (TPSA) is 49.4 Å². The smallest absolute Gasteiger partial charge is 0.242 e. The van der Waals surface area contributed by atoms with Crippen molar-refractivity contribution in [3.05, 3.63) is 70.2 Å². The van der Waals surface area contributed by atoms with Gasteiger partial charge in [0.25, 0.3) is 0 Å². The summed E-state index contributed by atoms with van der Waals surface area (Å²) in [5, 5.41) is 3.53. The zero-order chi connectivity index (χ0) is 20.0. The maximum atomic E-state index is 13.1. The average molecular weight is 387 g/mol. The SMILES string of the molecule is Cc1ccccc1CN(C(=O)Cc1ccc(Cl)cc1)[C@H](C)C(=O)NC(C)C. The normalized spacial score (nSPS) is 11.9. The maximum Gasteiger partial charge on any atom is 0.242 e. The quantitative estimate of drug-likeness (QED) is 0.777. The predicted octanol–water partition coefficient (Wildman–Crippen LogP) is 4.13. The van der Waals surface area contributed by atoms with E-state index < -0.39 is 6.04 Å². The maximum absolute atomic E-state index is 13.1. The van der Waals surface area contributed by atoms with Crippen molar-refractivity contribution in [2.45, 2.75) is 52.7 Å². The third-order valence-corrected chi connectivity index (χ3v) is 4.72. The van der Waals surface area contributed by atoms with Crippen LogP contribution in [0, 0.1) is 6.92 Å². The van der Waals surface area contributed by atoms with Crippen molar-refractivity contribution in [2.75, 3.05) is 0 Å². The molecule has 0 saturated heterocycles. The Morgan fingerprint density at radius 1 is 1.04 bits per heavy atom. The van der Waals surface area contributed by atoms with E-state index in [0.717, 1.165) is 16.7 Å². The third-order valence-electron chi connectivity index (χ3n) is 4.47. The standard InChI is InChI=1S/C22H27ClN2O2/c1-15(2)24-22(27)17(4)25(14-19-8-6-5-7-16(19)3)21(26)13-18-9-11-20(23)12-10-18/h5-12,15,17H,13-14H2,1-4H3,(H,24,27)/t17-/m1/s1. The summed E-state index contributed by atoms with van der Waals surface area (Å²) in [6.45, 7) is 8.00. The van der Waals surface area contributed by atoms with E-state index in [4.69, 9.17) is 11.6 Å². The van der Waals surface area contributed by atoms with Crippen LogP contribution in [-0.4, -0.2) is 28.8 Å². The van der Waals surface area contributed by atoms with Crippen LogP contribution in [-0.2, 0) is 22.6 Å². The van der Waals surface area contributed by atoms with Crippen molar-refractivity contribution in [2.24, 2.45) is 0 Å². The molecule has 0 unspecified atom stereocenters. The summed E-state index contributed by atoms with van der Waals surface area (Å²) in [5.74, 6) is -0.241. The van der Waals surface area contributed by atoms with Gasteiger partial charge in [0.1, 0.15) is 6.04 Å². The van der Waals surface area contributed by atoms with E-state index >= 15 is 0 Å². The van der Waals surface area contributed by atoms with Gasteiger partial charge in [0.05, 0.1) is 6.42 Å². The van der Waals surface area contributed by atoms with E-state index in [1.807, 2.05) is 57.2 Å². The Kier molecular flexibility index (Phi) is 7.43. The second kappa shape index (κ2) is 9.56. The molecule has 2 rings (SSSR count). The Morgan fingerprint density at radius 3 is 2.26 bits per heavy atom. The molecule has 2 aromatic carbocycles. The molecule has 4 nitrogen and oxygen atoms in total. The molecule has 0 fully saturated rings. The number of nitrogens with zero attached hydrogens (tertiary/aromatic N) is 1. The minimum atomic E-state index is -0.563. The first-order chi connectivity index (χ1) is 12.8. The molecule has 0 aliphatic heterocycles. The molecule has 2 amide bonds. The minimum Gasteiger partial charge on any atom is -0.352 e. The number of carbonyl (C=O) groups excluding carboxylic acids is 2. The first-order valence-corrected chi connectivity index (χ1v) is 9.54. The van der Waals surface area contributed by atoms with Gasteiger partial charge in [-0.2, -0.15) is 0 Å². The Labute approximate surface area is 166 Å². The van der Waals surface area contributed by atoms with E-state index in [0.29, 0.717) is 11.6 Å². The van der Waals surface area contributed by atoms with Crippen LogP contribution in [0.2, 0.25) is 5.02 Å². The highest BCUT2D eigenvalue weighted by atomic mass is 35.5. The zero-order valence-corrected chi connectivity index (χ0v) is 17.1. The highest BCUT2D eigenvalue weighted by molar-refractivity contribution is 6.30. The summed E-state index contributed by atoms with van der Waals surface area (Å²) in [5.41, 5.74) is 3.00. The Balaban J connectivity index is 2.24. The lowest BCUT2D eigenvalue weighted by atomic mass is 10.1. The van der Waals surface area contributed by atoms with Gasteiger partial charge < -0.3 is 10.2 Å². The molecule has 5 heteroatoms. The van der Waals surface area contributed by atoms with Gasteiger partial charge in [-0.25, -0.2) is 0 Å². The zero-order valence-electron chi connectivity index (χ0n) is 16.3. The van der Waals surface area contributed by atoms with Crippen LogP contribution in [0.4, 0.5) is 0 Å². The average Bonchev–Trinajstić information content (AvgIpc) is 2.61. The summed E-state index contributed by atoms with van der Waals surface area (Å²) < 4.78 is 0. The van der Waals surface area contributed by atoms with Crippen molar-refractivity contribution in [3.63, 3.8) is 0 Å². The minimum absolute atomic E-state index is 0.0200. The monoisotopic (exact) mass is 386 g/mol. The van der Waals surface area contributed by atoms with Crippen LogP contribution in [0.15, 0.2) is 48.5 Å². The number of nitrogens with one attached hydrogen (secondary N) is 1. The van der Waals surface area contributed by atoms with E-state index in [1.54, 1.807) is 24.0 Å². The number of rotatable bonds is 7. The Morgan fingerprint density at radius 2 is 1.67 bits per heavy atom. The van der Waals surface area contributed by atoms with Gasteiger partial charge in [-0.05, 0) is 56.5 Å². The molecule has 0 aromatic heterocycles. The van der Waals surface area contributed by atoms with Crippen LogP contribution in [0.25, 0.3) is 0 Å². The number of hydrogen-bond donors (Lipinski definition) is 1. The molecular weight excluding hydrogens is 360 g/mol. The van der Waals surface area contributed by atoms with Crippen LogP contribution in [0.5, 0.6) is 0 Å². The fourth-order valence-electron chi connectivity index (χ4n) is 2.84. The Hall–Kier alpha value is -2.33. The third kappa shape index (κ3) is 6.10. The Bertz CT molecular complexity index is 787. The molecule has 0 heterocycles. The van der Waals surface area contributed by atoms with Crippen LogP contribution in [0.3, 0.4) is 0 Å². The van der Waals surface area contributed by atoms with E-state index in [1.165, 1.54) is 0 Å². The van der Waals surface area contributed by atoms with Gasteiger partial charge in [-0.15, -0.1) is 0 Å². The molecule has 144 valence electrons. The van der Waals surface area contributed by atoms with Crippen molar-refractivity contribution < 1.29 is 9.59 Å². The fourth-order valence-corrected chi connectivity index (χ4v) is 2.96. The van der Waals surface area contributed by atoms with Crippen molar-refractivity contribution >= 4 is 23.4 Å². The second-order valence-electron chi connectivity index (χ2n) is 7.09. The van der Waals surface area contributed by atoms with Gasteiger partial charge in [0.15, 0.2) is 0 Å². The highest BCUT2D eigenvalue weighted by Gasteiger charge is 2.26. The molecule has 0 spiro atoms. The highest BCUT2D eigenvalue weighted by Crippen LogP contribution is 2.16. The van der Waals surface area contributed by atoms with Gasteiger partial charge in [0, 0.05) is 17.6 Å². The van der Waals surface area contributed by atoms with Crippen molar-refractivity contribution in [1.29, 1.82) is 0 Å². The van der Waals surface area contributed by atoms with E-state index in [-0.39, 0.29) is 24.3 Å². The molecule has 0 bridgehead atoms. The van der Waals surface area contributed by atoms with Crippen molar-refractivity contribution in [1.82, 2.24) is 10.2 Å². The van der Waals surface area contributed by atoms with Gasteiger partial charge in [-0.3, -0.25) is 9.59 Å². The molecule has 2 aromatic rings. The van der Waals surface area contributed by atoms with E-state index in [2.05, 4.69) is 5.32 Å². The molecule has 1 N–H and O–H groups in total. The molecule has 0 radical (unpaired) electrons. The van der Waals surface area contributed by atoms with Crippen LogP contribution in [0.1, 0.15) is 37.5 Å². The van der Waals surface area contributed by atoms with E-state index in [9.17, 15) is 9.59 Å². The van der Waals surface area contributed by atoms with Gasteiger partial charge in [-0.1, -0.05) is 48.0 Å². The first-order valence-electron chi connectivity index (χ1n) is 9.16. The molecule has 0 saturated carbocycles. The number of benzene rings is 2. The number of hydrogen-bond acceptors (Lipinski definition) is 2. The largest absolute Gasteiger partial charge is 0.352 e. The number of aryl methyl sites for hydroxylation is 1. The van der Waals surface area contributed by atoms with Gasteiger partial charge in [0.2, 0.25) is 11.8 Å². The molecular formula is C22H27ClN2O2. The summed E-state index contributed by atoms with van der Waals surface area (Å²) in [6, 6.07) is 14.6. The lowest BCUT2D eigenvalue weighted by molar-refractivity contribution is -0.140. The summed E-state index contributed by atoms with van der Waals surface area (Å²) in [4.78, 5) is 27.3. The fraction of sp³-hybridized carbons (Fsp3) is 0.364. The molecule has 27 heavy (non-hydrogen) atoms. The summed E-state index contributed by atoms with van der Waals surface area (Å²) in [6.07, 6.45) is 0.225. The molecule has 0 aliphatic rings. The predicted molar refractivity (Wildman–Crippen MR) is 110 cm³/mol.